The Balaban J connectivity index is 2.44. The van der Waals surface area contributed by atoms with Gasteiger partial charge in [-0.15, -0.1) is 0 Å². The number of carbonyl (C=O) groups is 1. The van der Waals surface area contributed by atoms with E-state index in [0.717, 1.165) is 5.56 Å². The van der Waals surface area contributed by atoms with Crippen LogP contribution < -0.4 is 10.5 Å². The van der Waals surface area contributed by atoms with Gasteiger partial charge in [-0.3, -0.25) is 9.79 Å². The van der Waals surface area contributed by atoms with E-state index >= 15 is 0 Å². The van der Waals surface area contributed by atoms with Crippen LogP contribution in [0.5, 0.6) is 5.75 Å². The molecule has 76 valence electrons. The van der Waals surface area contributed by atoms with E-state index in [2.05, 4.69) is 4.99 Å². The second kappa shape index (κ2) is 3.96. The van der Waals surface area contributed by atoms with Gasteiger partial charge in [-0.1, -0.05) is 0 Å². The van der Waals surface area contributed by atoms with E-state index in [1.54, 1.807) is 36.7 Å². The maximum absolute atomic E-state index is 11.0. The molecule has 0 spiro atoms. The van der Waals surface area contributed by atoms with Crippen LogP contribution in [0.1, 0.15) is 15.9 Å². The molecule has 1 amide bonds. The summed E-state index contributed by atoms with van der Waals surface area (Å²) in [5, 5.41) is 0. The average molecular weight is 202 g/mol. The molecule has 1 aliphatic heterocycles. The number of aliphatic imine (C=N–C) groups is 1. The molecule has 15 heavy (non-hydrogen) atoms. The number of hydrogen-bond donors (Lipinski definition) is 1. The Morgan fingerprint density at radius 2 is 2.33 bits per heavy atom. The number of rotatable bonds is 1. The Morgan fingerprint density at radius 1 is 1.47 bits per heavy atom. The summed E-state index contributed by atoms with van der Waals surface area (Å²) >= 11 is 0. The zero-order valence-electron chi connectivity index (χ0n) is 8.01. The van der Waals surface area contributed by atoms with Gasteiger partial charge in [0.2, 0.25) is 5.91 Å². The summed E-state index contributed by atoms with van der Waals surface area (Å²) in [5.41, 5.74) is 6.45. The highest BCUT2D eigenvalue weighted by Crippen LogP contribution is 2.19. The first-order valence-electron chi connectivity index (χ1n) is 4.52. The molecule has 0 fully saturated rings. The zero-order chi connectivity index (χ0) is 10.7. The molecule has 2 rings (SSSR count). The van der Waals surface area contributed by atoms with Gasteiger partial charge >= 0.3 is 0 Å². The molecule has 0 saturated heterocycles. The lowest BCUT2D eigenvalue weighted by molar-refractivity contribution is 0.1000. The number of nitrogens with two attached hydrogens (primary N) is 1. The van der Waals surface area contributed by atoms with Crippen molar-refractivity contribution in [2.75, 3.05) is 6.61 Å². The van der Waals surface area contributed by atoms with Crippen LogP contribution in [0.2, 0.25) is 0 Å². The molecular formula is C11H10N2O2. The lowest BCUT2D eigenvalue weighted by Gasteiger charge is -2.09. The van der Waals surface area contributed by atoms with E-state index in [1.165, 1.54) is 0 Å². The minimum atomic E-state index is -0.462. The van der Waals surface area contributed by atoms with Gasteiger partial charge < -0.3 is 10.5 Å². The maximum Gasteiger partial charge on any atom is 0.248 e. The van der Waals surface area contributed by atoms with Gasteiger partial charge in [0.1, 0.15) is 12.4 Å². The molecule has 0 aromatic heterocycles. The monoisotopic (exact) mass is 202 g/mol. The largest absolute Gasteiger partial charge is 0.489 e. The standard InChI is InChI=1S/C11H10N2O2/c12-11(14)8-2-3-9-7-13-4-1-5-15-10(9)6-8/h1-4,6-7H,5H2,(H2,12,14)/b4-1-,13-7-. The highest BCUT2D eigenvalue weighted by molar-refractivity contribution is 5.95. The molecule has 4 nitrogen and oxygen atoms in total. The van der Waals surface area contributed by atoms with Crippen molar-refractivity contribution >= 4 is 12.1 Å². The fourth-order valence-electron chi connectivity index (χ4n) is 1.28. The molecule has 1 aromatic rings. The third-order valence-electron chi connectivity index (χ3n) is 2.04. The quantitative estimate of drug-likeness (QED) is 0.741. The molecule has 2 N–H and O–H groups in total. The number of ether oxygens (including phenoxy) is 1. The van der Waals surface area contributed by atoms with Gasteiger partial charge in [-0.2, -0.15) is 0 Å². The third-order valence-corrected chi connectivity index (χ3v) is 2.04. The number of nitrogens with zero attached hydrogens (tertiary/aromatic N) is 1. The Kier molecular flexibility index (Phi) is 2.49. The second-order valence-electron chi connectivity index (χ2n) is 3.09. The zero-order valence-corrected chi connectivity index (χ0v) is 8.01. The molecule has 1 aliphatic rings. The Hall–Kier alpha value is -2.10. The Morgan fingerprint density at radius 3 is 3.13 bits per heavy atom. The number of benzene rings is 1. The molecule has 1 aromatic carbocycles. The van der Waals surface area contributed by atoms with E-state index in [9.17, 15) is 4.79 Å². The second-order valence-corrected chi connectivity index (χ2v) is 3.09. The van der Waals surface area contributed by atoms with Crippen molar-refractivity contribution in [3.05, 3.63) is 41.6 Å². The summed E-state index contributed by atoms with van der Waals surface area (Å²) in [6, 6.07) is 5.04. The number of primary amides is 1. The highest BCUT2D eigenvalue weighted by atomic mass is 16.5. The minimum Gasteiger partial charge on any atom is -0.489 e. The van der Waals surface area contributed by atoms with Crippen molar-refractivity contribution in [3.8, 4) is 5.75 Å². The summed E-state index contributed by atoms with van der Waals surface area (Å²) in [6.07, 6.45) is 5.14. The summed E-state index contributed by atoms with van der Waals surface area (Å²) in [6.45, 7) is 0.437. The lowest BCUT2D eigenvalue weighted by Crippen LogP contribution is -2.11. The predicted molar refractivity (Wildman–Crippen MR) is 57.2 cm³/mol. The summed E-state index contributed by atoms with van der Waals surface area (Å²) in [7, 11) is 0. The summed E-state index contributed by atoms with van der Waals surface area (Å²) in [4.78, 5) is 15.0. The molecule has 0 unspecified atom stereocenters. The number of amides is 1. The van der Waals surface area contributed by atoms with E-state index < -0.39 is 5.91 Å². The number of fused-ring (bicyclic) bond motifs is 1. The van der Waals surface area contributed by atoms with Crippen LogP contribution in [0.4, 0.5) is 0 Å². The Labute approximate surface area is 87.1 Å². The third kappa shape index (κ3) is 2.04. The van der Waals surface area contributed by atoms with Crippen molar-refractivity contribution in [2.45, 2.75) is 0 Å². The van der Waals surface area contributed by atoms with Crippen LogP contribution >= 0.6 is 0 Å². The highest BCUT2D eigenvalue weighted by Gasteiger charge is 2.07. The molecule has 4 heteroatoms. The van der Waals surface area contributed by atoms with Crippen LogP contribution in [0.25, 0.3) is 0 Å². The maximum atomic E-state index is 11.0. The van der Waals surface area contributed by atoms with Crippen LogP contribution in [-0.2, 0) is 0 Å². The van der Waals surface area contributed by atoms with Gasteiger partial charge in [0, 0.05) is 23.5 Å². The van der Waals surface area contributed by atoms with Crippen LogP contribution in [0, 0.1) is 0 Å². The van der Waals surface area contributed by atoms with E-state index in [-0.39, 0.29) is 0 Å². The van der Waals surface area contributed by atoms with E-state index in [1.807, 2.05) is 0 Å². The SMILES string of the molecule is NC(=O)c1ccc2c(c1)OC/C=C\N=C/2. The molecule has 1 heterocycles. The normalized spacial score (nSPS) is 17.9. The van der Waals surface area contributed by atoms with Gasteiger partial charge in [-0.25, -0.2) is 0 Å². The average Bonchev–Trinajstić information content (AvgIpc) is 2.18. The molecule has 0 radical (unpaired) electrons. The molecule has 0 atom stereocenters. The summed E-state index contributed by atoms with van der Waals surface area (Å²) < 4.78 is 5.43. The topological polar surface area (TPSA) is 64.7 Å². The van der Waals surface area contributed by atoms with Gasteiger partial charge in [-0.05, 0) is 24.3 Å². The minimum absolute atomic E-state index is 0.437. The van der Waals surface area contributed by atoms with E-state index in [4.69, 9.17) is 10.5 Å². The first-order valence-corrected chi connectivity index (χ1v) is 4.52. The number of hydrogen-bond acceptors (Lipinski definition) is 3. The Bertz CT molecular complexity index is 450. The molecule has 0 saturated carbocycles. The van der Waals surface area contributed by atoms with Crippen LogP contribution in [-0.4, -0.2) is 18.7 Å². The van der Waals surface area contributed by atoms with Crippen LogP contribution in [0.15, 0.2) is 35.5 Å². The number of carbonyl (C=O) groups excluding carboxylic acids is 1. The van der Waals surface area contributed by atoms with Crippen molar-refractivity contribution in [3.63, 3.8) is 0 Å². The molecular weight excluding hydrogens is 192 g/mol. The van der Waals surface area contributed by atoms with Crippen LogP contribution in [0.3, 0.4) is 0 Å². The van der Waals surface area contributed by atoms with Gasteiger partial charge in [0.15, 0.2) is 0 Å². The smallest absolute Gasteiger partial charge is 0.248 e. The van der Waals surface area contributed by atoms with Gasteiger partial charge in [0.05, 0.1) is 0 Å². The molecule has 0 bridgehead atoms. The lowest BCUT2D eigenvalue weighted by atomic mass is 10.1. The van der Waals surface area contributed by atoms with Crippen molar-refractivity contribution in [1.82, 2.24) is 0 Å². The first-order chi connectivity index (χ1) is 7.27. The predicted octanol–water partition coefficient (Wildman–Crippen LogP) is 1.11. The van der Waals surface area contributed by atoms with E-state index in [0.29, 0.717) is 17.9 Å². The van der Waals surface area contributed by atoms with Crippen molar-refractivity contribution in [1.29, 1.82) is 0 Å². The fourth-order valence-corrected chi connectivity index (χ4v) is 1.28. The fraction of sp³-hybridized carbons (Fsp3) is 0.0909. The van der Waals surface area contributed by atoms with Gasteiger partial charge in [0.25, 0.3) is 0 Å². The van der Waals surface area contributed by atoms with Crippen molar-refractivity contribution in [2.24, 2.45) is 10.7 Å². The summed E-state index contributed by atoms with van der Waals surface area (Å²) in [5.74, 6) is 0.162. The molecule has 0 aliphatic carbocycles. The van der Waals surface area contributed by atoms with Crippen molar-refractivity contribution < 1.29 is 9.53 Å². The first kappa shape index (κ1) is 9.45.